The lowest BCUT2D eigenvalue weighted by atomic mass is 10.1. The van der Waals surface area contributed by atoms with Gasteiger partial charge in [0.25, 0.3) is 0 Å². The first-order valence-corrected chi connectivity index (χ1v) is 15.8. The number of likely N-dealkylation sites (tertiary alicyclic amines) is 3. The number of carbonyl (C=O) groups is 6. The second-order valence-electron chi connectivity index (χ2n) is 14.6. The third kappa shape index (κ3) is 10.4. The maximum absolute atomic E-state index is 13.4. The van der Waals surface area contributed by atoms with Gasteiger partial charge in [0.1, 0.15) is 34.9 Å². The van der Waals surface area contributed by atoms with Crippen LogP contribution in [0, 0.1) is 0 Å². The zero-order valence-corrected chi connectivity index (χ0v) is 28.4. The van der Waals surface area contributed by atoms with Gasteiger partial charge in [0.15, 0.2) is 0 Å². The highest BCUT2D eigenvalue weighted by Crippen LogP contribution is 2.26. The van der Waals surface area contributed by atoms with Gasteiger partial charge in [-0.25, -0.2) is 14.4 Å². The Morgan fingerprint density at radius 1 is 0.478 bits per heavy atom. The number of amides is 3. The number of carbonyl (C=O) groups excluding carboxylic acids is 6. The molecule has 3 fully saturated rings. The van der Waals surface area contributed by atoms with Crippen molar-refractivity contribution < 1.29 is 56.9 Å². The molecule has 258 valence electrons. The molecule has 16 heteroatoms. The molecule has 0 aliphatic carbocycles. The summed E-state index contributed by atoms with van der Waals surface area (Å²) in [5, 5.41) is 0. The summed E-state index contributed by atoms with van der Waals surface area (Å²) in [4.78, 5) is 82.1. The van der Waals surface area contributed by atoms with Gasteiger partial charge in [0.2, 0.25) is 0 Å². The summed E-state index contributed by atoms with van der Waals surface area (Å²) in [6.45, 7) is 15.9. The molecule has 0 spiro atoms. The zero-order valence-electron chi connectivity index (χ0n) is 28.4. The third-order valence-corrected chi connectivity index (χ3v) is 7.10. The normalized spacial score (nSPS) is 21.8. The first-order valence-electron chi connectivity index (χ1n) is 15.8. The van der Waals surface area contributed by atoms with E-state index in [4.69, 9.17) is 28.2 Å². The van der Waals surface area contributed by atoms with E-state index in [2.05, 4.69) is 0 Å². The number of rotatable bonds is 6. The SMILES string of the molecule is CC(C)(C)OC(=O)N1CCC[C@H]1C(=O)OB(OC(=O)[C@@H]1CCCN1C(=O)OC(C)(C)C)OC(=O)[C@@H]1CCCN1C(=O)OC(C)(C)C. The van der Waals surface area contributed by atoms with Gasteiger partial charge >= 0.3 is 43.5 Å². The van der Waals surface area contributed by atoms with E-state index in [-0.39, 0.29) is 38.9 Å². The third-order valence-electron chi connectivity index (χ3n) is 7.10. The van der Waals surface area contributed by atoms with Crippen molar-refractivity contribution in [3.8, 4) is 0 Å². The number of ether oxygens (including phenoxy) is 3. The molecular weight excluding hydrogens is 605 g/mol. The number of nitrogens with zero attached hydrogens (tertiary/aromatic N) is 3. The van der Waals surface area contributed by atoms with E-state index in [0.717, 1.165) is 0 Å². The molecule has 15 nitrogen and oxygen atoms in total. The smallest absolute Gasteiger partial charge is 0.460 e. The highest BCUT2D eigenvalue weighted by Gasteiger charge is 2.48. The largest absolute Gasteiger partial charge is 0.870 e. The Kier molecular flexibility index (Phi) is 11.5. The molecule has 0 bridgehead atoms. The summed E-state index contributed by atoms with van der Waals surface area (Å²) in [5.74, 6) is -2.96. The van der Waals surface area contributed by atoms with Crippen molar-refractivity contribution in [2.45, 2.75) is 136 Å². The van der Waals surface area contributed by atoms with Gasteiger partial charge < -0.3 is 28.2 Å². The molecule has 3 aliphatic rings. The summed E-state index contributed by atoms with van der Waals surface area (Å²) in [6, 6.07) is -3.28. The van der Waals surface area contributed by atoms with E-state index in [1.807, 2.05) is 0 Å². The lowest BCUT2D eigenvalue weighted by Crippen LogP contribution is -2.50. The molecule has 0 aromatic carbocycles. The molecule has 3 amide bonds. The van der Waals surface area contributed by atoms with Crippen molar-refractivity contribution in [1.29, 1.82) is 0 Å². The van der Waals surface area contributed by atoms with Crippen molar-refractivity contribution in [3.05, 3.63) is 0 Å². The van der Waals surface area contributed by atoms with Crippen molar-refractivity contribution in [1.82, 2.24) is 14.7 Å². The molecule has 0 saturated carbocycles. The van der Waals surface area contributed by atoms with Crippen LogP contribution in [0.5, 0.6) is 0 Å². The summed E-state index contributed by atoms with van der Waals surface area (Å²) in [7, 11) is -2.17. The van der Waals surface area contributed by atoms with Crippen LogP contribution in [0.1, 0.15) is 101 Å². The summed E-state index contributed by atoms with van der Waals surface area (Å²) < 4.78 is 32.5. The van der Waals surface area contributed by atoms with Crippen molar-refractivity contribution in [2.24, 2.45) is 0 Å². The Bertz CT molecular complexity index is 1030. The molecule has 3 aliphatic heterocycles. The van der Waals surface area contributed by atoms with Crippen molar-refractivity contribution >= 4 is 43.5 Å². The molecular formula is C30H48BN3O12. The van der Waals surface area contributed by atoms with Crippen LogP contribution in [0.3, 0.4) is 0 Å². The minimum Gasteiger partial charge on any atom is -0.460 e. The molecule has 3 atom stereocenters. The summed E-state index contributed by atoms with van der Waals surface area (Å²) >= 11 is 0. The Labute approximate surface area is 270 Å². The topological polar surface area (TPSA) is 168 Å². The van der Waals surface area contributed by atoms with Crippen LogP contribution in [0.2, 0.25) is 0 Å². The van der Waals surface area contributed by atoms with E-state index in [0.29, 0.717) is 19.3 Å². The van der Waals surface area contributed by atoms with Crippen LogP contribution in [0.15, 0.2) is 0 Å². The standard InChI is InChI=1S/C30H48BN3O12/c1-28(2,3)41-25(38)32-16-10-13-19(32)22(35)44-31(45-23(36)20-14-11-17-33(20)26(39)42-29(4,5)6)46-24(37)21-15-12-18-34(21)27(40)43-30(7,8)9/h19-21H,10-18H2,1-9H3/t19-,20-,21-/m0/s1. The van der Waals surface area contributed by atoms with E-state index in [1.54, 1.807) is 62.3 Å². The van der Waals surface area contributed by atoms with Crippen LogP contribution < -0.4 is 0 Å². The van der Waals surface area contributed by atoms with Gasteiger partial charge in [-0.3, -0.25) is 29.1 Å². The predicted molar refractivity (Wildman–Crippen MR) is 162 cm³/mol. The molecule has 0 aromatic rings. The second-order valence-corrected chi connectivity index (χ2v) is 14.6. The maximum Gasteiger partial charge on any atom is 0.870 e. The molecule has 3 saturated heterocycles. The monoisotopic (exact) mass is 653 g/mol. The van der Waals surface area contributed by atoms with E-state index in [9.17, 15) is 28.8 Å². The average molecular weight is 654 g/mol. The number of hydrogen-bond acceptors (Lipinski definition) is 12. The summed E-state index contributed by atoms with van der Waals surface area (Å²) in [6.07, 6.45) is -0.0548. The van der Waals surface area contributed by atoms with Crippen LogP contribution in [-0.4, -0.2) is 113 Å². The molecule has 46 heavy (non-hydrogen) atoms. The lowest BCUT2D eigenvalue weighted by Gasteiger charge is -2.29. The molecule has 0 unspecified atom stereocenters. The van der Waals surface area contributed by atoms with Gasteiger partial charge in [-0.2, -0.15) is 0 Å². The average Bonchev–Trinajstić information content (AvgIpc) is 3.66. The Morgan fingerprint density at radius 3 is 0.935 bits per heavy atom. The second kappa shape index (κ2) is 14.4. The van der Waals surface area contributed by atoms with E-state index in [1.165, 1.54) is 14.7 Å². The molecule has 3 heterocycles. The summed E-state index contributed by atoms with van der Waals surface area (Å²) in [5.41, 5.74) is -2.45. The minimum atomic E-state index is -2.17. The molecule has 0 radical (unpaired) electrons. The van der Waals surface area contributed by atoms with Crippen molar-refractivity contribution in [2.75, 3.05) is 19.6 Å². The van der Waals surface area contributed by atoms with Crippen LogP contribution in [0.4, 0.5) is 14.4 Å². The molecule has 0 N–H and O–H groups in total. The van der Waals surface area contributed by atoms with E-state index >= 15 is 0 Å². The fourth-order valence-corrected chi connectivity index (χ4v) is 5.24. The predicted octanol–water partition coefficient (Wildman–Crippen LogP) is 3.80. The highest BCUT2D eigenvalue weighted by molar-refractivity contribution is 6.44. The van der Waals surface area contributed by atoms with E-state index < -0.39 is 78.4 Å². The first-order chi connectivity index (χ1) is 21.1. The van der Waals surface area contributed by atoms with Crippen LogP contribution >= 0.6 is 0 Å². The Morgan fingerprint density at radius 2 is 0.717 bits per heavy atom. The number of hydrogen-bond donors (Lipinski definition) is 0. The molecule has 3 rings (SSSR count). The van der Waals surface area contributed by atoms with Gasteiger partial charge in [-0.1, -0.05) is 0 Å². The first kappa shape index (κ1) is 36.7. The van der Waals surface area contributed by atoms with Crippen LogP contribution in [-0.2, 0) is 42.6 Å². The fraction of sp³-hybridized carbons (Fsp3) is 0.800. The highest BCUT2D eigenvalue weighted by atomic mass is 16.8. The zero-order chi connectivity index (χ0) is 34.6. The van der Waals surface area contributed by atoms with Gasteiger partial charge in [0, 0.05) is 19.6 Å². The Hall–Kier alpha value is -3.72. The van der Waals surface area contributed by atoms with Gasteiger partial charge in [0.05, 0.1) is 0 Å². The quantitative estimate of drug-likeness (QED) is 0.301. The lowest BCUT2D eigenvalue weighted by molar-refractivity contribution is -0.153. The fourth-order valence-electron chi connectivity index (χ4n) is 5.24. The van der Waals surface area contributed by atoms with Crippen molar-refractivity contribution in [3.63, 3.8) is 0 Å². The molecule has 0 aromatic heterocycles. The van der Waals surface area contributed by atoms with Gasteiger partial charge in [-0.05, 0) is 101 Å². The maximum atomic E-state index is 13.4. The Balaban J connectivity index is 1.80. The minimum absolute atomic E-state index is 0.221. The van der Waals surface area contributed by atoms with Gasteiger partial charge in [-0.15, -0.1) is 0 Å². The van der Waals surface area contributed by atoms with Crippen LogP contribution in [0.25, 0.3) is 0 Å².